The van der Waals surface area contributed by atoms with Crippen LogP contribution in [-0.2, 0) is 0 Å². The van der Waals surface area contributed by atoms with Crippen molar-refractivity contribution in [2.45, 2.75) is 40.0 Å². The van der Waals surface area contributed by atoms with Crippen LogP contribution in [0.5, 0.6) is 0 Å². The first kappa shape index (κ1) is 13.1. The van der Waals surface area contributed by atoms with E-state index in [1.54, 1.807) is 0 Å². The van der Waals surface area contributed by atoms with Crippen LogP contribution in [0.1, 0.15) is 50.5 Å². The summed E-state index contributed by atoms with van der Waals surface area (Å²) in [5.41, 5.74) is 2.09. The van der Waals surface area contributed by atoms with Crippen LogP contribution in [0.4, 0.5) is 5.69 Å². The lowest BCUT2D eigenvalue weighted by Gasteiger charge is -2.39. The molecule has 1 aromatic rings. The van der Waals surface area contributed by atoms with Crippen LogP contribution < -0.4 is 4.90 Å². The van der Waals surface area contributed by atoms with E-state index in [-0.39, 0.29) is 5.78 Å². The number of nitrogens with zero attached hydrogens (tertiary/aromatic N) is 2. The molecule has 18 heavy (non-hydrogen) atoms. The number of Topliss-reactive ketones (excluding diaryl/α,β-unsaturated/α-hetero) is 1. The zero-order valence-corrected chi connectivity index (χ0v) is 11.6. The Balaban J connectivity index is 2.12. The number of aromatic nitrogens is 1. The second-order valence-electron chi connectivity index (χ2n) is 5.87. The molecule has 2 rings (SSSR count). The molecule has 0 unspecified atom stereocenters. The van der Waals surface area contributed by atoms with Crippen LogP contribution in [0.15, 0.2) is 18.3 Å². The van der Waals surface area contributed by atoms with Crippen molar-refractivity contribution in [3.05, 3.63) is 24.0 Å². The molecule has 0 radical (unpaired) electrons. The first-order chi connectivity index (χ1) is 8.52. The van der Waals surface area contributed by atoms with E-state index in [1.165, 1.54) is 12.8 Å². The van der Waals surface area contributed by atoms with E-state index in [4.69, 9.17) is 0 Å². The number of hydrogen-bond donors (Lipinski definition) is 0. The molecule has 0 bridgehead atoms. The highest BCUT2D eigenvalue weighted by Crippen LogP contribution is 2.31. The number of anilines is 1. The normalized spacial score (nSPS) is 18.7. The standard InChI is InChI=1S/C15H22N2O/c1-4-14(18)13-7-6-12(10-16-13)17-9-5-8-15(2,3)11-17/h6-7,10H,4-5,8-9,11H2,1-3H3. The quantitative estimate of drug-likeness (QED) is 0.767. The van der Waals surface area contributed by atoms with Crippen LogP contribution in [0.2, 0.25) is 0 Å². The first-order valence-electron chi connectivity index (χ1n) is 6.76. The molecule has 1 saturated heterocycles. The van der Waals surface area contributed by atoms with Crippen LogP contribution in [0, 0.1) is 5.41 Å². The summed E-state index contributed by atoms with van der Waals surface area (Å²) in [6.45, 7) is 8.64. The number of rotatable bonds is 3. The third kappa shape index (κ3) is 2.89. The van der Waals surface area contributed by atoms with Gasteiger partial charge >= 0.3 is 0 Å². The summed E-state index contributed by atoms with van der Waals surface area (Å²) in [6.07, 6.45) is 4.86. The van der Waals surface area contributed by atoms with Gasteiger partial charge in [0.05, 0.1) is 11.9 Å². The third-order valence-corrected chi connectivity index (χ3v) is 3.62. The highest BCUT2D eigenvalue weighted by molar-refractivity contribution is 5.94. The maximum absolute atomic E-state index is 11.5. The first-order valence-corrected chi connectivity index (χ1v) is 6.76. The molecular weight excluding hydrogens is 224 g/mol. The summed E-state index contributed by atoms with van der Waals surface area (Å²) in [5, 5.41) is 0. The Kier molecular flexibility index (Phi) is 3.69. The predicted molar refractivity (Wildman–Crippen MR) is 74.1 cm³/mol. The van der Waals surface area contributed by atoms with E-state index in [1.807, 2.05) is 25.3 Å². The average molecular weight is 246 g/mol. The van der Waals surface area contributed by atoms with Gasteiger partial charge in [0, 0.05) is 19.5 Å². The molecule has 0 spiro atoms. The van der Waals surface area contributed by atoms with Gasteiger partial charge in [0.15, 0.2) is 5.78 Å². The molecule has 1 aromatic heterocycles. The molecule has 0 atom stereocenters. The molecule has 3 nitrogen and oxygen atoms in total. The highest BCUT2D eigenvalue weighted by atomic mass is 16.1. The van der Waals surface area contributed by atoms with Gasteiger partial charge in [-0.15, -0.1) is 0 Å². The molecule has 1 fully saturated rings. The van der Waals surface area contributed by atoms with Gasteiger partial charge in [0.25, 0.3) is 0 Å². The summed E-state index contributed by atoms with van der Waals surface area (Å²) in [5.74, 6) is 0.112. The lowest BCUT2D eigenvalue weighted by atomic mass is 9.84. The zero-order valence-electron chi connectivity index (χ0n) is 11.6. The van der Waals surface area contributed by atoms with Crippen molar-refractivity contribution in [1.82, 2.24) is 4.98 Å². The summed E-state index contributed by atoms with van der Waals surface area (Å²) < 4.78 is 0. The smallest absolute Gasteiger partial charge is 0.180 e. The van der Waals surface area contributed by atoms with Crippen molar-refractivity contribution in [1.29, 1.82) is 0 Å². The van der Waals surface area contributed by atoms with Crippen LogP contribution in [0.25, 0.3) is 0 Å². The van der Waals surface area contributed by atoms with Crippen molar-refractivity contribution >= 4 is 11.5 Å². The number of ketones is 1. The minimum Gasteiger partial charge on any atom is -0.370 e. The second kappa shape index (κ2) is 5.09. The minimum atomic E-state index is 0.112. The molecule has 3 heteroatoms. The fourth-order valence-corrected chi connectivity index (χ4v) is 2.56. The van der Waals surface area contributed by atoms with E-state index >= 15 is 0 Å². The van der Waals surface area contributed by atoms with Gasteiger partial charge < -0.3 is 4.90 Å². The summed E-state index contributed by atoms with van der Waals surface area (Å²) in [4.78, 5) is 18.2. The molecule has 0 aromatic carbocycles. The molecule has 2 heterocycles. The number of piperidine rings is 1. The highest BCUT2D eigenvalue weighted by Gasteiger charge is 2.26. The van der Waals surface area contributed by atoms with Crippen molar-refractivity contribution in [3.8, 4) is 0 Å². The van der Waals surface area contributed by atoms with Crippen LogP contribution in [-0.4, -0.2) is 23.9 Å². The zero-order chi connectivity index (χ0) is 13.2. The van der Waals surface area contributed by atoms with Gasteiger partial charge in [0.2, 0.25) is 0 Å². The largest absolute Gasteiger partial charge is 0.370 e. The lowest BCUT2D eigenvalue weighted by Crippen LogP contribution is -2.40. The van der Waals surface area contributed by atoms with E-state index in [0.717, 1.165) is 18.8 Å². The molecule has 0 aliphatic carbocycles. The Morgan fingerprint density at radius 1 is 1.44 bits per heavy atom. The summed E-state index contributed by atoms with van der Waals surface area (Å²) in [7, 11) is 0. The van der Waals surface area contributed by atoms with Crippen LogP contribution in [0.3, 0.4) is 0 Å². The van der Waals surface area contributed by atoms with Gasteiger partial charge in [-0.2, -0.15) is 0 Å². The van der Waals surface area contributed by atoms with Crippen molar-refractivity contribution in [2.75, 3.05) is 18.0 Å². The van der Waals surface area contributed by atoms with Crippen molar-refractivity contribution in [3.63, 3.8) is 0 Å². The molecule has 0 N–H and O–H groups in total. The number of carbonyl (C=O) groups excluding carboxylic acids is 1. The Morgan fingerprint density at radius 3 is 2.78 bits per heavy atom. The van der Waals surface area contributed by atoms with E-state index in [2.05, 4.69) is 23.7 Å². The van der Waals surface area contributed by atoms with E-state index in [0.29, 0.717) is 17.5 Å². The second-order valence-corrected chi connectivity index (χ2v) is 5.87. The van der Waals surface area contributed by atoms with E-state index in [9.17, 15) is 4.79 Å². The maximum atomic E-state index is 11.5. The number of hydrogen-bond acceptors (Lipinski definition) is 3. The Morgan fingerprint density at radius 2 is 2.22 bits per heavy atom. The lowest BCUT2D eigenvalue weighted by molar-refractivity contribution is 0.0983. The Hall–Kier alpha value is -1.38. The fraction of sp³-hybridized carbons (Fsp3) is 0.600. The Bertz CT molecular complexity index is 423. The summed E-state index contributed by atoms with van der Waals surface area (Å²) in [6, 6.07) is 3.88. The van der Waals surface area contributed by atoms with E-state index < -0.39 is 0 Å². The third-order valence-electron chi connectivity index (χ3n) is 3.62. The minimum absolute atomic E-state index is 0.112. The fourth-order valence-electron chi connectivity index (χ4n) is 2.56. The van der Waals surface area contributed by atoms with Gasteiger partial charge in [-0.1, -0.05) is 20.8 Å². The monoisotopic (exact) mass is 246 g/mol. The molecule has 0 saturated carbocycles. The molecule has 1 aliphatic rings. The van der Waals surface area contributed by atoms with Crippen molar-refractivity contribution < 1.29 is 4.79 Å². The Labute approximate surface area is 109 Å². The summed E-state index contributed by atoms with van der Waals surface area (Å²) >= 11 is 0. The SMILES string of the molecule is CCC(=O)c1ccc(N2CCCC(C)(C)C2)cn1. The van der Waals surface area contributed by atoms with Gasteiger partial charge in [-0.05, 0) is 30.4 Å². The predicted octanol–water partition coefficient (Wildman–Crippen LogP) is 3.30. The number of carbonyl (C=O) groups is 1. The van der Waals surface area contributed by atoms with Gasteiger partial charge in [0.1, 0.15) is 5.69 Å². The van der Waals surface area contributed by atoms with Gasteiger partial charge in [-0.25, -0.2) is 0 Å². The topological polar surface area (TPSA) is 33.2 Å². The maximum Gasteiger partial charge on any atom is 0.180 e. The molecular formula is C15H22N2O. The van der Waals surface area contributed by atoms with Gasteiger partial charge in [-0.3, -0.25) is 9.78 Å². The number of pyridine rings is 1. The molecule has 0 amide bonds. The van der Waals surface area contributed by atoms with Crippen molar-refractivity contribution in [2.24, 2.45) is 5.41 Å². The average Bonchev–Trinajstić information content (AvgIpc) is 2.37. The molecule has 98 valence electrons. The van der Waals surface area contributed by atoms with Crippen LogP contribution >= 0.6 is 0 Å². The molecule has 1 aliphatic heterocycles.